The largest absolute Gasteiger partial charge is 0.478 e. The zero-order chi connectivity index (χ0) is 11.8. The number of halogens is 1. The summed E-state index contributed by atoms with van der Waals surface area (Å²) in [7, 11) is 0. The summed E-state index contributed by atoms with van der Waals surface area (Å²) in [4.78, 5) is 4.09. The minimum atomic E-state index is 0.198. The number of pyridine rings is 1. The summed E-state index contributed by atoms with van der Waals surface area (Å²) in [6.07, 6.45) is 3.61. The molecular formula is C11H16ClNO2S. The molecule has 1 aromatic rings. The number of unbranched alkanes of at least 4 members (excludes halogenated alkanes) is 1. The molecule has 1 aromatic heterocycles. The van der Waals surface area contributed by atoms with Crippen molar-refractivity contribution in [3.05, 3.63) is 22.8 Å². The minimum absolute atomic E-state index is 0.198. The Morgan fingerprint density at radius 3 is 2.94 bits per heavy atom. The topological polar surface area (TPSA) is 42.4 Å². The van der Waals surface area contributed by atoms with E-state index in [0.29, 0.717) is 17.6 Å². The van der Waals surface area contributed by atoms with Gasteiger partial charge in [-0.2, -0.15) is 11.8 Å². The van der Waals surface area contributed by atoms with E-state index >= 15 is 0 Å². The highest BCUT2D eigenvalue weighted by Gasteiger charge is 2.02. The number of aromatic nitrogens is 1. The zero-order valence-corrected chi connectivity index (χ0v) is 10.9. The second-order valence-electron chi connectivity index (χ2n) is 3.35. The van der Waals surface area contributed by atoms with Crippen LogP contribution in [0.5, 0.6) is 5.88 Å². The first-order chi connectivity index (χ1) is 7.76. The molecule has 0 unspecified atom stereocenters. The van der Waals surface area contributed by atoms with E-state index < -0.39 is 0 Å². The van der Waals surface area contributed by atoms with Crippen LogP contribution in [0.1, 0.15) is 18.4 Å². The highest BCUT2D eigenvalue weighted by atomic mass is 35.5. The highest BCUT2D eigenvalue weighted by Crippen LogP contribution is 2.19. The van der Waals surface area contributed by atoms with Crippen molar-refractivity contribution in [2.24, 2.45) is 0 Å². The third-order valence-corrected chi connectivity index (χ3v) is 2.76. The summed E-state index contributed by atoms with van der Waals surface area (Å²) >= 11 is 7.61. The molecule has 1 heterocycles. The summed E-state index contributed by atoms with van der Waals surface area (Å²) in [6.45, 7) is 0.761. The number of aliphatic hydroxyl groups is 1. The fourth-order valence-corrected chi connectivity index (χ4v) is 1.96. The first-order valence-corrected chi connectivity index (χ1v) is 6.92. The molecular weight excluding hydrogens is 246 g/mol. The summed E-state index contributed by atoms with van der Waals surface area (Å²) in [5.41, 5.74) is 1.12. The molecule has 0 bridgehead atoms. The van der Waals surface area contributed by atoms with E-state index in [-0.39, 0.29) is 6.61 Å². The standard InChI is InChI=1S/C11H16ClNO2S/c1-16-8-9-6-10(12)13-11(7-9)15-5-3-2-4-14/h6-7,14H,2-5,8H2,1H3. The van der Waals surface area contributed by atoms with E-state index in [1.54, 1.807) is 11.8 Å². The Morgan fingerprint density at radius 1 is 1.44 bits per heavy atom. The van der Waals surface area contributed by atoms with E-state index in [1.807, 2.05) is 18.4 Å². The van der Waals surface area contributed by atoms with Gasteiger partial charge in [-0.3, -0.25) is 0 Å². The molecule has 0 atom stereocenters. The monoisotopic (exact) mass is 261 g/mol. The maximum atomic E-state index is 8.63. The van der Waals surface area contributed by atoms with E-state index in [4.69, 9.17) is 21.4 Å². The van der Waals surface area contributed by atoms with Crippen LogP contribution in [0.25, 0.3) is 0 Å². The Balaban J connectivity index is 2.51. The van der Waals surface area contributed by atoms with Crippen molar-refractivity contribution >= 4 is 23.4 Å². The average molecular weight is 262 g/mol. The van der Waals surface area contributed by atoms with Crippen LogP contribution in [-0.4, -0.2) is 29.6 Å². The van der Waals surface area contributed by atoms with E-state index in [9.17, 15) is 0 Å². The van der Waals surface area contributed by atoms with E-state index in [0.717, 1.165) is 24.2 Å². The first-order valence-electron chi connectivity index (χ1n) is 5.15. The number of thioether (sulfide) groups is 1. The lowest BCUT2D eigenvalue weighted by Gasteiger charge is -2.07. The van der Waals surface area contributed by atoms with Crippen molar-refractivity contribution < 1.29 is 9.84 Å². The molecule has 16 heavy (non-hydrogen) atoms. The molecule has 0 amide bonds. The molecule has 5 heteroatoms. The van der Waals surface area contributed by atoms with Gasteiger partial charge in [0.1, 0.15) is 5.15 Å². The van der Waals surface area contributed by atoms with Gasteiger partial charge in [-0.05, 0) is 30.7 Å². The van der Waals surface area contributed by atoms with Crippen LogP contribution < -0.4 is 4.74 Å². The van der Waals surface area contributed by atoms with Gasteiger partial charge in [0.25, 0.3) is 0 Å². The van der Waals surface area contributed by atoms with Gasteiger partial charge in [-0.25, -0.2) is 4.98 Å². The van der Waals surface area contributed by atoms with Gasteiger partial charge in [0.15, 0.2) is 0 Å². The third kappa shape index (κ3) is 5.05. The fraction of sp³-hybridized carbons (Fsp3) is 0.545. The number of hydrogen-bond acceptors (Lipinski definition) is 4. The summed E-state index contributed by atoms with van der Waals surface area (Å²) in [5, 5.41) is 9.09. The summed E-state index contributed by atoms with van der Waals surface area (Å²) < 4.78 is 5.46. The van der Waals surface area contributed by atoms with Crippen LogP contribution in [0.4, 0.5) is 0 Å². The molecule has 0 radical (unpaired) electrons. The first kappa shape index (κ1) is 13.6. The van der Waals surface area contributed by atoms with Crippen LogP contribution in [-0.2, 0) is 5.75 Å². The molecule has 3 nitrogen and oxygen atoms in total. The molecule has 0 aliphatic heterocycles. The van der Waals surface area contributed by atoms with Gasteiger partial charge >= 0.3 is 0 Å². The summed E-state index contributed by atoms with van der Waals surface area (Å²) in [5.74, 6) is 1.46. The van der Waals surface area contributed by atoms with Gasteiger partial charge in [0, 0.05) is 18.4 Å². The Morgan fingerprint density at radius 2 is 2.25 bits per heavy atom. The Kier molecular flexibility index (Phi) is 6.61. The maximum absolute atomic E-state index is 8.63. The smallest absolute Gasteiger partial charge is 0.214 e. The second kappa shape index (κ2) is 7.76. The molecule has 0 fully saturated rings. The highest BCUT2D eigenvalue weighted by molar-refractivity contribution is 7.97. The predicted molar refractivity (Wildman–Crippen MR) is 68.3 cm³/mol. The SMILES string of the molecule is CSCc1cc(Cl)nc(OCCCCO)c1. The van der Waals surface area contributed by atoms with Gasteiger partial charge in [0.05, 0.1) is 6.61 Å². The van der Waals surface area contributed by atoms with Crippen LogP contribution in [0.3, 0.4) is 0 Å². The van der Waals surface area contributed by atoms with Crippen molar-refractivity contribution in [3.63, 3.8) is 0 Å². The average Bonchev–Trinajstić information content (AvgIpc) is 2.24. The molecule has 0 saturated carbocycles. The number of aliphatic hydroxyl groups excluding tert-OH is 1. The van der Waals surface area contributed by atoms with Crippen LogP contribution in [0.2, 0.25) is 5.15 Å². The number of rotatable bonds is 7. The fourth-order valence-electron chi connectivity index (χ4n) is 1.24. The molecule has 0 aliphatic rings. The Bertz CT molecular complexity index is 323. The molecule has 1 rings (SSSR count). The Labute approximate surface area is 105 Å². The van der Waals surface area contributed by atoms with Crippen LogP contribution >= 0.6 is 23.4 Å². The molecule has 0 spiro atoms. The van der Waals surface area contributed by atoms with Crippen molar-refractivity contribution in [2.75, 3.05) is 19.5 Å². The Hall–Kier alpha value is -0.450. The van der Waals surface area contributed by atoms with Gasteiger partial charge in [-0.15, -0.1) is 0 Å². The van der Waals surface area contributed by atoms with Crippen molar-refractivity contribution in [2.45, 2.75) is 18.6 Å². The minimum Gasteiger partial charge on any atom is -0.478 e. The lowest BCUT2D eigenvalue weighted by Crippen LogP contribution is -2.01. The van der Waals surface area contributed by atoms with Crippen LogP contribution in [0, 0.1) is 0 Å². The quantitative estimate of drug-likeness (QED) is 0.605. The number of hydrogen-bond donors (Lipinski definition) is 1. The summed E-state index contributed by atoms with van der Waals surface area (Å²) in [6, 6.07) is 3.75. The zero-order valence-electron chi connectivity index (χ0n) is 9.28. The van der Waals surface area contributed by atoms with Gasteiger partial charge in [-0.1, -0.05) is 11.6 Å². The second-order valence-corrected chi connectivity index (χ2v) is 4.60. The molecule has 0 aromatic carbocycles. The van der Waals surface area contributed by atoms with Crippen molar-refractivity contribution in [1.29, 1.82) is 0 Å². The normalized spacial score (nSPS) is 10.4. The maximum Gasteiger partial charge on any atom is 0.214 e. The predicted octanol–water partition coefficient (Wildman–Crippen LogP) is 2.75. The van der Waals surface area contributed by atoms with Crippen LogP contribution in [0.15, 0.2) is 12.1 Å². The molecule has 1 N–H and O–H groups in total. The number of nitrogens with zero attached hydrogens (tertiary/aromatic N) is 1. The van der Waals surface area contributed by atoms with E-state index in [2.05, 4.69) is 4.98 Å². The lowest BCUT2D eigenvalue weighted by atomic mass is 10.3. The van der Waals surface area contributed by atoms with Gasteiger partial charge < -0.3 is 9.84 Å². The molecule has 0 saturated heterocycles. The molecule has 0 aliphatic carbocycles. The van der Waals surface area contributed by atoms with Gasteiger partial charge in [0.2, 0.25) is 5.88 Å². The third-order valence-electron chi connectivity index (χ3n) is 1.94. The van der Waals surface area contributed by atoms with E-state index in [1.165, 1.54) is 0 Å². The van der Waals surface area contributed by atoms with Crippen molar-refractivity contribution in [1.82, 2.24) is 4.98 Å². The lowest BCUT2D eigenvalue weighted by molar-refractivity contribution is 0.249. The molecule has 90 valence electrons. The van der Waals surface area contributed by atoms with Crippen molar-refractivity contribution in [3.8, 4) is 5.88 Å². The number of ether oxygens (including phenoxy) is 1.